The van der Waals surface area contributed by atoms with Gasteiger partial charge >= 0.3 is 0 Å². The predicted molar refractivity (Wildman–Crippen MR) is 86.7 cm³/mol. The van der Waals surface area contributed by atoms with E-state index in [2.05, 4.69) is 59.0 Å². The van der Waals surface area contributed by atoms with Gasteiger partial charge in [-0.2, -0.15) is 5.10 Å². The molecule has 0 unspecified atom stereocenters. The fraction of sp³-hybridized carbons (Fsp3) is 0.250. The molecule has 5 heteroatoms. The fourth-order valence-corrected chi connectivity index (χ4v) is 2.44. The summed E-state index contributed by atoms with van der Waals surface area (Å²) in [7, 11) is 0. The first-order valence-corrected chi connectivity index (χ1v) is 7.01. The van der Waals surface area contributed by atoms with Crippen LogP contribution < -0.4 is 5.73 Å². The van der Waals surface area contributed by atoms with Crippen molar-refractivity contribution in [2.24, 2.45) is 5.10 Å². The van der Waals surface area contributed by atoms with E-state index >= 15 is 0 Å². The van der Waals surface area contributed by atoms with Crippen LogP contribution in [0.2, 0.25) is 0 Å². The van der Waals surface area contributed by atoms with Crippen molar-refractivity contribution in [3.05, 3.63) is 47.9 Å². The molecule has 0 radical (unpaired) electrons. The summed E-state index contributed by atoms with van der Waals surface area (Å²) in [6, 6.07) is 8.89. The number of nitrogens with two attached hydrogens (primary N) is 1. The maximum Gasteiger partial charge on any atom is 0.221 e. The average Bonchev–Trinajstić information content (AvgIpc) is 2.99. The van der Waals surface area contributed by atoms with E-state index in [0.29, 0.717) is 12.0 Å². The normalized spacial score (nSPS) is 12.0. The lowest BCUT2D eigenvalue weighted by molar-refractivity contribution is 0.623. The van der Waals surface area contributed by atoms with Gasteiger partial charge in [-0.15, -0.1) is 0 Å². The summed E-state index contributed by atoms with van der Waals surface area (Å²) in [5, 5.41) is 5.55. The molecule has 0 bridgehead atoms. The van der Waals surface area contributed by atoms with Gasteiger partial charge in [-0.05, 0) is 44.5 Å². The Morgan fingerprint density at radius 3 is 2.76 bits per heavy atom. The molecule has 21 heavy (non-hydrogen) atoms. The van der Waals surface area contributed by atoms with Crippen LogP contribution in [0.5, 0.6) is 0 Å². The van der Waals surface area contributed by atoms with Crippen molar-refractivity contribution >= 4 is 23.1 Å². The molecule has 1 aromatic carbocycles. The molecule has 0 spiro atoms. The SMILES string of the molecule is Cc1cn(N=Cc2ccc3c(ccn3C(C)C)c2)c(N)n1. The number of hydrogen-bond donors (Lipinski definition) is 1. The fourth-order valence-electron chi connectivity index (χ4n) is 2.44. The Morgan fingerprint density at radius 2 is 2.10 bits per heavy atom. The smallest absolute Gasteiger partial charge is 0.221 e. The van der Waals surface area contributed by atoms with E-state index in [4.69, 9.17) is 5.73 Å². The summed E-state index contributed by atoms with van der Waals surface area (Å²) >= 11 is 0. The van der Waals surface area contributed by atoms with Gasteiger partial charge in [0.1, 0.15) is 0 Å². The van der Waals surface area contributed by atoms with E-state index < -0.39 is 0 Å². The zero-order valence-electron chi connectivity index (χ0n) is 12.5. The van der Waals surface area contributed by atoms with E-state index in [9.17, 15) is 0 Å². The third-order valence-corrected chi connectivity index (χ3v) is 3.47. The molecule has 0 saturated heterocycles. The van der Waals surface area contributed by atoms with E-state index in [0.717, 1.165) is 11.3 Å². The largest absolute Gasteiger partial charge is 0.368 e. The number of rotatable bonds is 3. The molecular formula is C16H19N5. The van der Waals surface area contributed by atoms with Crippen molar-refractivity contribution in [2.75, 3.05) is 5.73 Å². The molecule has 2 aromatic heterocycles. The molecule has 0 amide bonds. The predicted octanol–water partition coefficient (Wildman–Crippen LogP) is 3.19. The maximum atomic E-state index is 5.77. The van der Waals surface area contributed by atoms with Crippen molar-refractivity contribution in [2.45, 2.75) is 26.8 Å². The van der Waals surface area contributed by atoms with Crippen LogP contribution in [0.1, 0.15) is 31.1 Å². The Kier molecular flexibility index (Phi) is 3.25. The molecule has 108 valence electrons. The summed E-state index contributed by atoms with van der Waals surface area (Å²) in [4.78, 5) is 4.12. The molecule has 0 aliphatic heterocycles. The lowest BCUT2D eigenvalue weighted by Crippen LogP contribution is -1.98. The van der Waals surface area contributed by atoms with Crippen molar-refractivity contribution in [3.63, 3.8) is 0 Å². The Balaban J connectivity index is 1.93. The number of imidazole rings is 1. The molecule has 0 aliphatic rings. The van der Waals surface area contributed by atoms with Gasteiger partial charge in [-0.3, -0.25) is 0 Å². The van der Waals surface area contributed by atoms with Crippen LogP contribution >= 0.6 is 0 Å². The van der Waals surface area contributed by atoms with E-state index in [1.807, 2.05) is 6.92 Å². The molecule has 0 fully saturated rings. The number of anilines is 1. The number of fused-ring (bicyclic) bond motifs is 1. The molecule has 5 nitrogen and oxygen atoms in total. The van der Waals surface area contributed by atoms with Crippen LogP contribution in [0.3, 0.4) is 0 Å². The van der Waals surface area contributed by atoms with Gasteiger partial charge in [0.15, 0.2) is 0 Å². The van der Waals surface area contributed by atoms with Crippen LogP contribution in [0, 0.1) is 6.92 Å². The number of nitrogen functional groups attached to an aromatic ring is 1. The molecule has 2 heterocycles. The second kappa shape index (κ2) is 5.09. The van der Waals surface area contributed by atoms with Crippen LogP contribution in [-0.2, 0) is 0 Å². The number of nitrogens with zero attached hydrogens (tertiary/aromatic N) is 4. The summed E-state index contributed by atoms with van der Waals surface area (Å²) < 4.78 is 3.84. The Hall–Kier alpha value is -2.56. The highest BCUT2D eigenvalue weighted by Gasteiger charge is 2.04. The highest BCUT2D eigenvalue weighted by Crippen LogP contribution is 2.20. The van der Waals surface area contributed by atoms with Crippen LogP contribution in [0.25, 0.3) is 10.9 Å². The first-order chi connectivity index (χ1) is 10.0. The van der Waals surface area contributed by atoms with Crippen LogP contribution in [0.4, 0.5) is 5.95 Å². The minimum absolute atomic E-state index is 0.399. The summed E-state index contributed by atoms with van der Waals surface area (Å²) in [5.41, 5.74) is 8.90. The third-order valence-electron chi connectivity index (χ3n) is 3.47. The summed E-state index contributed by atoms with van der Waals surface area (Å²) in [6.07, 6.45) is 5.72. The van der Waals surface area contributed by atoms with Gasteiger partial charge in [0.2, 0.25) is 5.95 Å². The van der Waals surface area contributed by atoms with Gasteiger partial charge in [0.05, 0.1) is 18.1 Å². The minimum Gasteiger partial charge on any atom is -0.368 e. The van der Waals surface area contributed by atoms with Gasteiger partial charge < -0.3 is 10.3 Å². The zero-order chi connectivity index (χ0) is 15.0. The van der Waals surface area contributed by atoms with Crippen molar-refractivity contribution in [1.29, 1.82) is 0 Å². The molecule has 0 saturated carbocycles. The van der Waals surface area contributed by atoms with Crippen molar-refractivity contribution in [3.8, 4) is 0 Å². The molecule has 3 aromatic rings. The quantitative estimate of drug-likeness (QED) is 0.749. The van der Waals surface area contributed by atoms with E-state index in [1.165, 1.54) is 10.9 Å². The standard InChI is InChI=1S/C16H19N5/c1-11(2)20-7-6-14-8-13(4-5-15(14)20)9-18-21-10-12(3)19-16(21)17/h4-11H,1-3H3,(H2,17,19). The van der Waals surface area contributed by atoms with E-state index in [-0.39, 0.29) is 0 Å². The molecule has 0 atom stereocenters. The lowest BCUT2D eigenvalue weighted by atomic mass is 10.2. The number of aryl methyl sites for hydroxylation is 1. The maximum absolute atomic E-state index is 5.77. The molecule has 3 rings (SSSR count). The second-order valence-corrected chi connectivity index (χ2v) is 5.46. The molecule has 0 aliphatic carbocycles. The lowest BCUT2D eigenvalue weighted by Gasteiger charge is -2.09. The number of aromatic nitrogens is 3. The van der Waals surface area contributed by atoms with Gasteiger partial charge in [-0.1, -0.05) is 6.07 Å². The Bertz CT molecular complexity index is 807. The van der Waals surface area contributed by atoms with Gasteiger partial charge in [-0.25, -0.2) is 9.66 Å². The first kappa shape index (κ1) is 13.4. The summed E-state index contributed by atoms with van der Waals surface area (Å²) in [6.45, 7) is 6.25. The molecular weight excluding hydrogens is 262 g/mol. The minimum atomic E-state index is 0.399. The van der Waals surface area contributed by atoms with Crippen LogP contribution in [0.15, 0.2) is 41.8 Å². The van der Waals surface area contributed by atoms with Gasteiger partial charge in [0.25, 0.3) is 0 Å². The number of benzene rings is 1. The molecule has 2 N–H and O–H groups in total. The Morgan fingerprint density at radius 1 is 1.29 bits per heavy atom. The first-order valence-electron chi connectivity index (χ1n) is 7.01. The third kappa shape index (κ3) is 2.54. The van der Waals surface area contributed by atoms with Crippen molar-refractivity contribution in [1.82, 2.24) is 14.2 Å². The monoisotopic (exact) mass is 281 g/mol. The van der Waals surface area contributed by atoms with Crippen molar-refractivity contribution < 1.29 is 0 Å². The summed E-state index contributed by atoms with van der Waals surface area (Å²) in [5.74, 6) is 0.399. The zero-order valence-corrected chi connectivity index (χ0v) is 12.5. The topological polar surface area (TPSA) is 61.1 Å². The number of hydrogen-bond acceptors (Lipinski definition) is 3. The van der Waals surface area contributed by atoms with Gasteiger partial charge in [0, 0.05) is 23.1 Å². The van der Waals surface area contributed by atoms with Crippen LogP contribution in [-0.4, -0.2) is 20.4 Å². The highest BCUT2D eigenvalue weighted by atomic mass is 15.4. The van der Waals surface area contributed by atoms with E-state index in [1.54, 1.807) is 17.1 Å². The second-order valence-electron chi connectivity index (χ2n) is 5.46. The highest BCUT2D eigenvalue weighted by molar-refractivity contribution is 5.89. The Labute approximate surface area is 123 Å². The average molecular weight is 281 g/mol.